The van der Waals surface area contributed by atoms with Crippen molar-refractivity contribution < 1.29 is 24.2 Å². The Morgan fingerprint density at radius 1 is 1.46 bits per heavy atom. The van der Waals surface area contributed by atoms with E-state index in [1.165, 1.54) is 13.2 Å². The summed E-state index contributed by atoms with van der Waals surface area (Å²) in [6.45, 7) is 5.72. The lowest BCUT2D eigenvalue weighted by Crippen LogP contribution is -2.51. The molecule has 0 unspecified atom stereocenters. The first kappa shape index (κ1) is 17.4. The molecule has 0 saturated carbocycles. The average molecular weight is 332 g/mol. The standard InChI is InChI=1S/C17H20N2O5/c1-4-5-8-24-16(21)14-10(2)18-17(22)19-15(14)11-6-7-12(20)13(9-11)23-3/h4-7,9,14-15,20H,2,8H2,1,3H3,(H2,18,19,22)/b5-4+/t14-,15+/m1/s1. The molecule has 0 bridgehead atoms. The summed E-state index contributed by atoms with van der Waals surface area (Å²) in [6.07, 6.45) is 3.47. The van der Waals surface area contributed by atoms with Gasteiger partial charge in [0.15, 0.2) is 11.5 Å². The third-order valence-corrected chi connectivity index (χ3v) is 3.64. The number of urea groups is 1. The highest BCUT2D eigenvalue weighted by Crippen LogP contribution is 2.35. The van der Waals surface area contributed by atoms with Crippen LogP contribution in [-0.4, -0.2) is 30.8 Å². The zero-order valence-corrected chi connectivity index (χ0v) is 13.5. The Morgan fingerprint density at radius 2 is 2.21 bits per heavy atom. The summed E-state index contributed by atoms with van der Waals surface area (Å²) in [5, 5.41) is 14.9. The molecule has 1 aromatic carbocycles. The minimum Gasteiger partial charge on any atom is -0.504 e. The van der Waals surface area contributed by atoms with E-state index in [-0.39, 0.29) is 23.8 Å². The highest BCUT2D eigenvalue weighted by molar-refractivity contribution is 5.85. The zero-order valence-electron chi connectivity index (χ0n) is 13.5. The van der Waals surface area contributed by atoms with E-state index in [0.29, 0.717) is 5.56 Å². The van der Waals surface area contributed by atoms with Gasteiger partial charge in [0.2, 0.25) is 0 Å². The summed E-state index contributed by atoms with van der Waals surface area (Å²) in [6, 6.07) is 3.46. The maximum atomic E-state index is 12.4. The molecule has 7 nitrogen and oxygen atoms in total. The van der Waals surface area contributed by atoms with E-state index in [1.54, 1.807) is 24.3 Å². The molecule has 1 saturated heterocycles. The van der Waals surface area contributed by atoms with Crippen LogP contribution < -0.4 is 15.4 Å². The van der Waals surface area contributed by atoms with E-state index in [1.807, 2.05) is 6.92 Å². The minimum absolute atomic E-state index is 0.0347. The quantitative estimate of drug-likeness (QED) is 0.566. The number of carbonyl (C=O) groups excluding carboxylic acids is 2. The summed E-state index contributed by atoms with van der Waals surface area (Å²) in [5.74, 6) is -1.11. The Kier molecular flexibility index (Phi) is 5.47. The van der Waals surface area contributed by atoms with Crippen molar-refractivity contribution in [3.05, 3.63) is 48.2 Å². The maximum absolute atomic E-state index is 12.4. The van der Waals surface area contributed by atoms with Crippen LogP contribution in [0, 0.1) is 5.92 Å². The Bertz CT molecular complexity index is 684. The van der Waals surface area contributed by atoms with Gasteiger partial charge in [0, 0.05) is 5.70 Å². The van der Waals surface area contributed by atoms with Crippen LogP contribution in [0.15, 0.2) is 42.6 Å². The fourth-order valence-electron chi connectivity index (χ4n) is 2.44. The number of ether oxygens (including phenoxy) is 2. The molecule has 0 radical (unpaired) electrons. The summed E-state index contributed by atoms with van der Waals surface area (Å²) >= 11 is 0. The number of hydrogen-bond donors (Lipinski definition) is 3. The lowest BCUT2D eigenvalue weighted by atomic mass is 9.89. The van der Waals surface area contributed by atoms with Gasteiger partial charge in [-0.05, 0) is 24.6 Å². The number of carbonyl (C=O) groups is 2. The molecular formula is C17H20N2O5. The van der Waals surface area contributed by atoms with Crippen LogP contribution in [0.3, 0.4) is 0 Å². The number of allylic oxidation sites excluding steroid dienone is 1. The molecule has 1 aromatic rings. The largest absolute Gasteiger partial charge is 0.504 e. The molecule has 0 aromatic heterocycles. The van der Waals surface area contributed by atoms with Gasteiger partial charge in [-0.15, -0.1) is 0 Å². The number of phenols is 1. The summed E-state index contributed by atoms with van der Waals surface area (Å²) in [7, 11) is 1.42. The monoisotopic (exact) mass is 332 g/mol. The molecule has 1 fully saturated rings. The second kappa shape index (κ2) is 7.54. The second-order valence-corrected chi connectivity index (χ2v) is 5.21. The van der Waals surface area contributed by atoms with Gasteiger partial charge in [-0.25, -0.2) is 4.79 Å². The van der Waals surface area contributed by atoms with Gasteiger partial charge < -0.3 is 25.2 Å². The Hall–Kier alpha value is -2.96. The molecule has 2 amide bonds. The van der Waals surface area contributed by atoms with Crippen molar-refractivity contribution >= 4 is 12.0 Å². The first-order valence-electron chi connectivity index (χ1n) is 7.39. The van der Waals surface area contributed by atoms with Crippen molar-refractivity contribution in [2.75, 3.05) is 13.7 Å². The van der Waals surface area contributed by atoms with E-state index >= 15 is 0 Å². The van der Waals surface area contributed by atoms with E-state index in [0.717, 1.165) is 0 Å². The van der Waals surface area contributed by atoms with E-state index in [2.05, 4.69) is 17.2 Å². The normalized spacial score (nSPS) is 20.4. The van der Waals surface area contributed by atoms with E-state index < -0.39 is 24.0 Å². The smallest absolute Gasteiger partial charge is 0.319 e. The number of rotatable bonds is 5. The lowest BCUT2D eigenvalue weighted by Gasteiger charge is -2.33. The van der Waals surface area contributed by atoms with Crippen LogP contribution in [0.4, 0.5) is 4.79 Å². The Labute approximate surface area is 140 Å². The third-order valence-electron chi connectivity index (χ3n) is 3.64. The first-order valence-corrected chi connectivity index (χ1v) is 7.39. The van der Waals surface area contributed by atoms with Crippen molar-refractivity contribution in [2.24, 2.45) is 5.92 Å². The van der Waals surface area contributed by atoms with Crippen molar-refractivity contribution in [1.82, 2.24) is 10.6 Å². The van der Waals surface area contributed by atoms with Crippen molar-refractivity contribution in [2.45, 2.75) is 13.0 Å². The van der Waals surface area contributed by atoms with E-state index in [4.69, 9.17) is 9.47 Å². The predicted molar refractivity (Wildman–Crippen MR) is 87.5 cm³/mol. The van der Waals surface area contributed by atoms with Crippen molar-refractivity contribution in [3.8, 4) is 11.5 Å². The van der Waals surface area contributed by atoms with Crippen LogP contribution in [-0.2, 0) is 9.53 Å². The van der Waals surface area contributed by atoms with Gasteiger partial charge in [-0.2, -0.15) is 0 Å². The molecule has 0 aliphatic carbocycles. The number of nitrogens with one attached hydrogen (secondary N) is 2. The topological polar surface area (TPSA) is 96.9 Å². The molecule has 3 N–H and O–H groups in total. The zero-order chi connectivity index (χ0) is 17.7. The van der Waals surface area contributed by atoms with Gasteiger partial charge in [0.05, 0.1) is 13.2 Å². The number of phenolic OH excluding ortho intramolecular Hbond substituents is 1. The van der Waals surface area contributed by atoms with E-state index in [9.17, 15) is 14.7 Å². The van der Waals surface area contributed by atoms with Gasteiger partial charge in [-0.1, -0.05) is 24.8 Å². The lowest BCUT2D eigenvalue weighted by molar-refractivity contribution is -0.147. The Morgan fingerprint density at radius 3 is 2.88 bits per heavy atom. The highest BCUT2D eigenvalue weighted by atomic mass is 16.5. The second-order valence-electron chi connectivity index (χ2n) is 5.21. The third kappa shape index (κ3) is 3.68. The van der Waals surface area contributed by atoms with Gasteiger partial charge >= 0.3 is 12.0 Å². The molecule has 2 atom stereocenters. The van der Waals surface area contributed by atoms with Gasteiger partial charge in [0.25, 0.3) is 0 Å². The molecule has 0 spiro atoms. The average Bonchev–Trinajstić information content (AvgIpc) is 2.54. The fourth-order valence-corrected chi connectivity index (χ4v) is 2.44. The maximum Gasteiger partial charge on any atom is 0.319 e. The molecule has 7 heteroatoms. The molecule has 128 valence electrons. The summed E-state index contributed by atoms with van der Waals surface area (Å²) in [4.78, 5) is 24.2. The van der Waals surface area contributed by atoms with Crippen LogP contribution in [0.5, 0.6) is 11.5 Å². The highest BCUT2D eigenvalue weighted by Gasteiger charge is 2.39. The molecular weight excluding hydrogens is 312 g/mol. The number of aromatic hydroxyl groups is 1. The van der Waals surface area contributed by atoms with Crippen LogP contribution in [0.2, 0.25) is 0 Å². The minimum atomic E-state index is -0.804. The molecule has 1 heterocycles. The number of esters is 1. The van der Waals surface area contributed by atoms with Crippen LogP contribution >= 0.6 is 0 Å². The molecule has 1 aliphatic rings. The Balaban J connectivity index is 2.33. The number of amides is 2. The predicted octanol–water partition coefficient (Wildman–Crippen LogP) is 2.00. The fraction of sp³-hybridized carbons (Fsp3) is 0.294. The van der Waals surface area contributed by atoms with Crippen LogP contribution in [0.1, 0.15) is 18.5 Å². The van der Waals surface area contributed by atoms with Crippen molar-refractivity contribution in [3.63, 3.8) is 0 Å². The summed E-state index contributed by atoms with van der Waals surface area (Å²) < 4.78 is 10.3. The van der Waals surface area contributed by atoms with Crippen LogP contribution in [0.25, 0.3) is 0 Å². The molecule has 24 heavy (non-hydrogen) atoms. The SMILES string of the molecule is C=C1NC(=O)N[C@@H](c2ccc(O)c(OC)c2)[C@@H]1C(=O)OC/C=C/C. The van der Waals surface area contributed by atoms with Crippen molar-refractivity contribution in [1.29, 1.82) is 0 Å². The van der Waals surface area contributed by atoms with Gasteiger partial charge in [-0.3, -0.25) is 4.79 Å². The molecule has 1 aliphatic heterocycles. The number of hydrogen-bond acceptors (Lipinski definition) is 5. The number of methoxy groups -OCH3 is 1. The summed E-state index contributed by atoms with van der Waals surface area (Å²) in [5.41, 5.74) is 0.843. The van der Waals surface area contributed by atoms with Gasteiger partial charge in [0.1, 0.15) is 12.5 Å². The number of benzene rings is 1. The molecule has 2 rings (SSSR count). The first-order chi connectivity index (χ1) is 11.5.